The first-order valence-electron chi connectivity index (χ1n) is 6.91. The molecule has 3 rings (SSSR count). The predicted octanol–water partition coefficient (Wildman–Crippen LogP) is 2.09. The molecule has 2 heterocycles. The Hall–Kier alpha value is -1.63. The van der Waals surface area contributed by atoms with Crippen molar-refractivity contribution >= 4 is 21.8 Å². The number of aromatic nitrogens is 3. The first-order valence-corrected chi connectivity index (χ1v) is 8.47. The molecule has 2 aromatic rings. The molecule has 1 aliphatic rings. The van der Waals surface area contributed by atoms with Crippen LogP contribution in [0.1, 0.15) is 37.3 Å². The maximum absolute atomic E-state index is 14.2. The van der Waals surface area contributed by atoms with E-state index in [1.807, 2.05) is 0 Å². The van der Waals surface area contributed by atoms with Crippen molar-refractivity contribution in [1.29, 1.82) is 0 Å². The van der Waals surface area contributed by atoms with Gasteiger partial charge in [0.15, 0.2) is 5.82 Å². The highest BCUT2D eigenvalue weighted by molar-refractivity contribution is 7.84. The lowest BCUT2D eigenvalue weighted by atomic mass is 10.1. The van der Waals surface area contributed by atoms with E-state index in [0.29, 0.717) is 11.0 Å². The van der Waals surface area contributed by atoms with Gasteiger partial charge in [0, 0.05) is 29.4 Å². The van der Waals surface area contributed by atoms with E-state index >= 15 is 0 Å². The third kappa shape index (κ3) is 2.29. The Kier molecular flexibility index (Phi) is 3.61. The summed E-state index contributed by atoms with van der Waals surface area (Å²) < 4.78 is 27.2. The topological polar surface area (TPSA) is 64.8 Å². The second-order valence-electron chi connectivity index (χ2n) is 5.40. The van der Waals surface area contributed by atoms with Crippen molar-refractivity contribution in [3.63, 3.8) is 0 Å². The van der Waals surface area contributed by atoms with Crippen molar-refractivity contribution in [3.05, 3.63) is 27.9 Å². The molecule has 1 fully saturated rings. The Morgan fingerprint density at radius 2 is 2.05 bits per heavy atom. The summed E-state index contributed by atoms with van der Waals surface area (Å²) in [4.78, 5) is 20.6. The van der Waals surface area contributed by atoms with E-state index in [0.717, 1.165) is 25.7 Å². The number of aryl methyl sites for hydroxylation is 1. The van der Waals surface area contributed by atoms with Crippen LogP contribution in [0.3, 0.4) is 0 Å². The molecule has 0 saturated heterocycles. The average molecular weight is 309 g/mol. The van der Waals surface area contributed by atoms with Gasteiger partial charge < -0.3 is 0 Å². The predicted molar refractivity (Wildman–Crippen MR) is 78.3 cm³/mol. The molecule has 1 aliphatic carbocycles. The lowest BCUT2D eigenvalue weighted by Crippen LogP contribution is -2.28. The minimum Gasteiger partial charge on any atom is -0.287 e. The van der Waals surface area contributed by atoms with Crippen molar-refractivity contribution in [1.82, 2.24) is 14.5 Å². The molecule has 21 heavy (non-hydrogen) atoms. The van der Waals surface area contributed by atoms with Gasteiger partial charge in [0.05, 0.1) is 10.8 Å². The lowest BCUT2D eigenvalue weighted by Gasteiger charge is -2.17. The molecule has 1 atom stereocenters. The molecule has 0 spiro atoms. The number of pyridine rings is 1. The van der Waals surface area contributed by atoms with Gasteiger partial charge in [0.25, 0.3) is 5.56 Å². The Bertz CT molecular complexity index is 797. The van der Waals surface area contributed by atoms with Crippen LogP contribution < -0.4 is 5.56 Å². The zero-order valence-electron chi connectivity index (χ0n) is 11.9. The highest BCUT2D eigenvalue weighted by Crippen LogP contribution is 2.31. The molecule has 1 saturated carbocycles. The standard InChI is InChI=1S/C14H16FN3O2S/c1-8-10-7-16-14(21(2)20)17-12(10)18(13(19)11(8)15)9-5-3-4-6-9/h7,9H,3-6H2,1-2H3. The summed E-state index contributed by atoms with van der Waals surface area (Å²) in [5.74, 6) is -0.747. The molecule has 5 nitrogen and oxygen atoms in total. The maximum Gasteiger partial charge on any atom is 0.288 e. The van der Waals surface area contributed by atoms with Crippen LogP contribution in [-0.2, 0) is 10.8 Å². The van der Waals surface area contributed by atoms with E-state index in [-0.39, 0.29) is 16.8 Å². The van der Waals surface area contributed by atoms with Crippen LogP contribution in [-0.4, -0.2) is 25.0 Å². The molecule has 112 valence electrons. The van der Waals surface area contributed by atoms with E-state index < -0.39 is 22.2 Å². The molecule has 0 bridgehead atoms. The number of fused-ring (bicyclic) bond motifs is 1. The Balaban J connectivity index is 2.39. The van der Waals surface area contributed by atoms with Gasteiger partial charge in [-0.1, -0.05) is 12.8 Å². The first kappa shape index (κ1) is 14.3. The van der Waals surface area contributed by atoms with Gasteiger partial charge in [-0.3, -0.25) is 13.6 Å². The van der Waals surface area contributed by atoms with Crippen LogP contribution >= 0.6 is 0 Å². The summed E-state index contributed by atoms with van der Waals surface area (Å²) in [5.41, 5.74) is 0.00196. The summed E-state index contributed by atoms with van der Waals surface area (Å²) in [5, 5.41) is 0.674. The first-order chi connectivity index (χ1) is 10.0. The van der Waals surface area contributed by atoms with Crippen LogP contribution in [0.15, 0.2) is 16.1 Å². The summed E-state index contributed by atoms with van der Waals surface area (Å²) in [7, 11) is -1.34. The average Bonchev–Trinajstić information content (AvgIpc) is 2.98. The number of halogens is 1. The molecule has 0 aliphatic heterocycles. The van der Waals surface area contributed by atoms with E-state index in [2.05, 4.69) is 9.97 Å². The number of hydrogen-bond donors (Lipinski definition) is 0. The van der Waals surface area contributed by atoms with Crippen molar-refractivity contribution in [2.45, 2.75) is 43.8 Å². The van der Waals surface area contributed by atoms with E-state index in [9.17, 15) is 13.4 Å². The molecule has 0 aromatic carbocycles. The Morgan fingerprint density at radius 1 is 1.38 bits per heavy atom. The van der Waals surface area contributed by atoms with E-state index in [4.69, 9.17) is 0 Å². The quantitative estimate of drug-likeness (QED) is 0.797. The third-order valence-corrected chi connectivity index (χ3v) is 4.77. The molecule has 0 amide bonds. The van der Waals surface area contributed by atoms with E-state index in [1.54, 1.807) is 6.92 Å². The second kappa shape index (κ2) is 5.29. The summed E-state index contributed by atoms with van der Waals surface area (Å²) >= 11 is 0. The van der Waals surface area contributed by atoms with Gasteiger partial charge >= 0.3 is 0 Å². The van der Waals surface area contributed by atoms with Gasteiger partial charge in [0.1, 0.15) is 5.65 Å². The molecule has 0 radical (unpaired) electrons. The molecule has 2 aromatic heterocycles. The van der Waals surface area contributed by atoms with Crippen molar-refractivity contribution in [2.75, 3.05) is 6.26 Å². The monoisotopic (exact) mass is 309 g/mol. The fraction of sp³-hybridized carbons (Fsp3) is 0.500. The van der Waals surface area contributed by atoms with Gasteiger partial charge in [-0.2, -0.15) is 0 Å². The molecule has 0 N–H and O–H groups in total. The number of rotatable bonds is 2. The summed E-state index contributed by atoms with van der Waals surface area (Å²) in [6.45, 7) is 1.55. The highest BCUT2D eigenvalue weighted by Gasteiger charge is 2.24. The Morgan fingerprint density at radius 3 is 2.67 bits per heavy atom. The summed E-state index contributed by atoms with van der Waals surface area (Å²) in [6.07, 6.45) is 6.66. The van der Waals surface area contributed by atoms with E-state index in [1.165, 1.54) is 17.0 Å². The number of hydrogen-bond acceptors (Lipinski definition) is 4. The molecular weight excluding hydrogens is 293 g/mol. The second-order valence-corrected chi connectivity index (χ2v) is 6.67. The smallest absolute Gasteiger partial charge is 0.287 e. The highest BCUT2D eigenvalue weighted by atomic mass is 32.2. The number of nitrogens with zero attached hydrogens (tertiary/aromatic N) is 3. The largest absolute Gasteiger partial charge is 0.288 e. The van der Waals surface area contributed by atoms with Crippen molar-refractivity contribution in [2.24, 2.45) is 0 Å². The minimum atomic E-state index is -1.34. The fourth-order valence-electron chi connectivity index (χ4n) is 2.93. The third-order valence-electron chi connectivity index (χ3n) is 4.06. The van der Waals surface area contributed by atoms with Crippen molar-refractivity contribution in [3.8, 4) is 0 Å². The van der Waals surface area contributed by atoms with Crippen molar-refractivity contribution < 1.29 is 8.60 Å². The molecule has 7 heteroatoms. The Labute approximate surface area is 123 Å². The van der Waals surface area contributed by atoms with Crippen LogP contribution in [0.5, 0.6) is 0 Å². The van der Waals surface area contributed by atoms with Gasteiger partial charge in [0.2, 0.25) is 5.16 Å². The zero-order valence-corrected chi connectivity index (χ0v) is 12.7. The van der Waals surface area contributed by atoms with Crippen LogP contribution in [0.25, 0.3) is 11.0 Å². The SMILES string of the molecule is Cc1c(F)c(=O)n(C2CCCC2)c2nc(S(C)=O)ncc12. The molecular formula is C14H16FN3O2S. The zero-order chi connectivity index (χ0) is 15.1. The van der Waals surface area contributed by atoms with Crippen LogP contribution in [0.2, 0.25) is 0 Å². The van der Waals surface area contributed by atoms with Crippen LogP contribution in [0, 0.1) is 12.7 Å². The van der Waals surface area contributed by atoms with Gasteiger partial charge in [-0.25, -0.2) is 14.4 Å². The minimum absolute atomic E-state index is 0.0388. The maximum atomic E-state index is 14.2. The van der Waals surface area contributed by atoms with Gasteiger partial charge in [-0.05, 0) is 19.8 Å². The lowest BCUT2D eigenvalue weighted by molar-refractivity contribution is 0.486. The van der Waals surface area contributed by atoms with Gasteiger partial charge in [-0.15, -0.1) is 0 Å². The molecule has 1 unspecified atom stereocenters. The fourth-order valence-corrected chi connectivity index (χ4v) is 3.34. The van der Waals surface area contributed by atoms with Crippen LogP contribution in [0.4, 0.5) is 4.39 Å². The summed E-state index contributed by atoms with van der Waals surface area (Å²) in [6, 6.07) is -0.0388. The normalized spacial score (nSPS) is 17.5.